The van der Waals surface area contributed by atoms with Gasteiger partial charge in [-0.05, 0) is 55.1 Å². The van der Waals surface area contributed by atoms with E-state index < -0.39 is 0 Å². The third-order valence-corrected chi connectivity index (χ3v) is 4.52. The molecule has 2 heterocycles. The predicted octanol–water partition coefficient (Wildman–Crippen LogP) is 4.27. The van der Waals surface area contributed by atoms with Crippen LogP contribution in [-0.4, -0.2) is 9.38 Å². The fraction of sp³-hybridized carbons (Fsp3) is 0.111. The summed E-state index contributed by atoms with van der Waals surface area (Å²) in [5.41, 5.74) is 3.31. The number of halogens is 1. The summed E-state index contributed by atoms with van der Waals surface area (Å²) in [6, 6.07) is 13.1. The van der Waals surface area contributed by atoms with Crippen molar-refractivity contribution >= 4 is 38.9 Å². The van der Waals surface area contributed by atoms with Gasteiger partial charge in [0.25, 0.3) is 5.56 Å². The van der Waals surface area contributed by atoms with Gasteiger partial charge in [-0.2, -0.15) is 0 Å². The Balaban J connectivity index is 2.39. The van der Waals surface area contributed by atoms with Crippen molar-refractivity contribution in [2.75, 3.05) is 0 Å². The van der Waals surface area contributed by atoms with Crippen LogP contribution >= 0.6 is 11.6 Å². The number of para-hydroxylation sites is 1. The molecule has 0 amide bonds. The molecule has 0 saturated heterocycles. The molecule has 0 fully saturated rings. The van der Waals surface area contributed by atoms with Gasteiger partial charge < -0.3 is 0 Å². The van der Waals surface area contributed by atoms with Crippen LogP contribution in [0.3, 0.4) is 0 Å². The Morgan fingerprint density at radius 3 is 2.59 bits per heavy atom. The van der Waals surface area contributed by atoms with E-state index in [1.807, 2.05) is 56.3 Å². The first-order valence-electron chi connectivity index (χ1n) is 7.08. The van der Waals surface area contributed by atoms with E-state index in [0.29, 0.717) is 21.6 Å². The van der Waals surface area contributed by atoms with E-state index in [1.54, 1.807) is 4.40 Å². The molecule has 0 saturated carbocycles. The van der Waals surface area contributed by atoms with Gasteiger partial charge in [-0.25, -0.2) is 4.98 Å². The highest BCUT2D eigenvalue weighted by Crippen LogP contribution is 2.28. The van der Waals surface area contributed by atoms with Crippen LogP contribution in [0.15, 0.2) is 47.3 Å². The highest BCUT2D eigenvalue weighted by Gasteiger charge is 2.13. The van der Waals surface area contributed by atoms with Crippen LogP contribution in [0.4, 0.5) is 0 Å². The quantitative estimate of drug-likeness (QED) is 0.359. The highest BCUT2D eigenvalue weighted by molar-refractivity contribution is 6.31. The van der Waals surface area contributed by atoms with E-state index in [2.05, 4.69) is 0 Å². The van der Waals surface area contributed by atoms with Crippen LogP contribution in [-0.2, 0) is 0 Å². The molecule has 4 heteroatoms. The largest absolute Gasteiger partial charge is 0.268 e. The van der Waals surface area contributed by atoms with Crippen molar-refractivity contribution in [3.8, 4) is 0 Å². The minimum Gasteiger partial charge on any atom is -0.268 e. The molecule has 3 nitrogen and oxygen atoms in total. The molecule has 0 aliphatic rings. The number of pyridine rings is 1. The lowest BCUT2D eigenvalue weighted by Crippen LogP contribution is -2.18. The lowest BCUT2D eigenvalue weighted by Gasteiger charge is -2.13. The van der Waals surface area contributed by atoms with Gasteiger partial charge >= 0.3 is 0 Å². The van der Waals surface area contributed by atoms with Crippen molar-refractivity contribution in [1.29, 1.82) is 0 Å². The average molecular weight is 309 g/mol. The summed E-state index contributed by atoms with van der Waals surface area (Å²) in [4.78, 5) is 17.6. The van der Waals surface area contributed by atoms with Crippen LogP contribution in [0.25, 0.3) is 27.3 Å². The van der Waals surface area contributed by atoms with E-state index in [-0.39, 0.29) is 5.56 Å². The molecular formula is C18H13ClN2O. The van der Waals surface area contributed by atoms with Gasteiger partial charge in [-0.1, -0.05) is 23.7 Å². The normalized spacial score (nSPS) is 11.6. The van der Waals surface area contributed by atoms with Crippen LogP contribution in [0.1, 0.15) is 11.3 Å². The maximum atomic E-state index is 12.9. The number of nitrogens with zero attached hydrogens (tertiary/aromatic N) is 2. The van der Waals surface area contributed by atoms with Gasteiger partial charge in [0, 0.05) is 16.1 Å². The van der Waals surface area contributed by atoms with Crippen molar-refractivity contribution in [3.63, 3.8) is 0 Å². The number of hydrogen-bond acceptors (Lipinski definition) is 2. The van der Waals surface area contributed by atoms with Crippen LogP contribution in [0.5, 0.6) is 0 Å². The van der Waals surface area contributed by atoms with E-state index >= 15 is 0 Å². The molecule has 2 aromatic heterocycles. The standard InChI is InChI=1S/C18H13ClN2O/c1-10-11(2)21-17(13-8-7-12(19)9-15(10)13)20-16-6-4-3-5-14(16)18(21)22/h3-9H,1-2H3. The van der Waals surface area contributed by atoms with Crippen LogP contribution in [0, 0.1) is 13.8 Å². The first kappa shape index (κ1) is 13.3. The monoisotopic (exact) mass is 308 g/mol. The molecule has 108 valence electrons. The van der Waals surface area contributed by atoms with Gasteiger partial charge in [0.2, 0.25) is 0 Å². The highest BCUT2D eigenvalue weighted by atomic mass is 35.5. The Morgan fingerprint density at radius 2 is 1.77 bits per heavy atom. The van der Waals surface area contributed by atoms with E-state index in [0.717, 1.165) is 22.0 Å². The second-order valence-corrected chi connectivity index (χ2v) is 5.93. The number of fused-ring (bicyclic) bond motifs is 4. The van der Waals surface area contributed by atoms with Gasteiger partial charge in [-0.3, -0.25) is 9.20 Å². The second-order valence-electron chi connectivity index (χ2n) is 5.49. The molecule has 22 heavy (non-hydrogen) atoms. The first-order valence-corrected chi connectivity index (χ1v) is 7.45. The van der Waals surface area contributed by atoms with E-state index in [4.69, 9.17) is 16.6 Å². The van der Waals surface area contributed by atoms with Gasteiger partial charge in [0.1, 0.15) is 5.65 Å². The maximum absolute atomic E-state index is 12.9. The molecule has 0 unspecified atom stereocenters. The fourth-order valence-corrected chi connectivity index (χ4v) is 3.18. The zero-order chi connectivity index (χ0) is 15.4. The topological polar surface area (TPSA) is 34.4 Å². The lowest BCUT2D eigenvalue weighted by molar-refractivity contribution is 1.01. The third-order valence-electron chi connectivity index (χ3n) is 4.28. The molecular weight excluding hydrogens is 296 g/mol. The molecule has 0 N–H and O–H groups in total. The summed E-state index contributed by atoms with van der Waals surface area (Å²) < 4.78 is 1.70. The third kappa shape index (κ3) is 1.69. The SMILES string of the molecule is Cc1c(C)n2c(=O)c3ccccc3nc2c2ccc(Cl)cc12. The molecule has 2 aromatic carbocycles. The zero-order valence-electron chi connectivity index (χ0n) is 12.2. The Bertz CT molecular complexity index is 1130. The summed E-state index contributed by atoms with van der Waals surface area (Å²) in [6.07, 6.45) is 0. The van der Waals surface area contributed by atoms with Crippen molar-refractivity contribution in [3.05, 3.63) is 69.1 Å². The van der Waals surface area contributed by atoms with Gasteiger partial charge in [-0.15, -0.1) is 0 Å². The van der Waals surface area contributed by atoms with Crippen molar-refractivity contribution in [2.24, 2.45) is 0 Å². The maximum Gasteiger partial charge on any atom is 0.265 e. The van der Waals surface area contributed by atoms with Crippen molar-refractivity contribution in [1.82, 2.24) is 9.38 Å². The van der Waals surface area contributed by atoms with E-state index in [1.165, 1.54) is 0 Å². The summed E-state index contributed by atoms with van der Waals surface area (Å²) in [7, 11) is 0. The zero-order valence-corrected chi connectivity index (χ0v) is 13.0. The molecule has 0 spiro atoms. The molecule has 0 bridgehead atoms. The Hall–Kier alpha value is -2.39. The molecule has 4 aromatic rings. The molecule has 0 radical (unpaired) electrons. The minimum absolute atomic E-state index is 0.0296. The Kier molecular flexibility index (Phi) is 2.75. The summed E-state index contributed by atoms with van der Waals surface area (Å²) in [5, 5.41) is 3.29. The molecule has 0 aliphatic heterocycles. The number of aryl methyl sites for hydroxylation is 2. The smallest absolute Gasteiger partial charge is 0.265 e. The molecule has 0 atom stereocenters. The van der Waals surface area contributed by atoms with Gasteiger partial charge in [0.05, 0.1) is 10.9 Å². The van der Waals surface area contributed by atoms with Gasteiger partial charge in [0.15, 0.2) is 0 Å². The summed E-state index contributed by atoms with van der Waals surface area (Å²) >= 11 is 6.13. The first-order chi connectivity index (χ1) is 10.6. The minimum atomic E-state index is -0.0296. The Morgan fingerprint density at radius 1 is 1.00 bits per heavy atom. The lowest BCUT2D eigenvalue weighted by atomic mass is 10.0. The van der Waals surface area contributed by atoms with Crippen LogP contribution in [0.2, 0.25) is 5.02 Å². The molecule has 0 aliphatic carbocycles. The Labute approximate surface area is 131 Å². The van der Waals surface area contributed by atoms with Crippen molar-refractivity contribution < 1.29 is 0 Å². The number of benzene rings is 2. The summed E-state index contributed by atoms with van der Waals surface area (Å²) in [6.45, 7) is 3.95. The predicted molar refractivity (Wildman–Crippen MR) is 91.0 cm³/mol. The number of aromatic nitrogens is 2. The van der Waals surface area contributed by atoms with E-state index in [9.17, 15) is 4.79 Å². The van der Waals surface area contributed by atoms with Crippen molar-refractivity contribution in [2.45, 2.75) is 13.8 Å². The van der Waals surface area contributed by atoms with Crippen LogP contribution < -0.4 is 5.56 Å². The second kappa shape index (κ2) is 4.55. The summed E-state index contributed by atoms with van der Waals surface area (Å²) in [5.74, 6) is 0. The average Bonchev–Trinajstić information content (AvgIpc) is 2.52. The fourth-order valence-electron chi connectivity index (χ4n) is 3.01. The molecule has 4 rings (SSSR count). The number of rotatable bonds is 0. The number of hydrogen-bond donors (Lipinski definition) is 0.